The predicted octanol–water partition coefficient (Wildman–Crippen LogP) is -1.52. The van der Waals surface area contributed by atoms with E-state index in [4.69, 9.17) is 36.1 Å². The quantitative estimate of drug-likeness (QED) is 0.123. The Morgan fingerprint density at radius 3 is 1.39 bits per heavy atom. The van der Waals surface area contributed by atoms with Crippen molar-refractivity contribution < 1.29 is 28.5 Å². The summed E-state index contributed by atoms with van der Waals surface area (Å²) in [7, 11) is 0. The Labute approximate surface area is 186 Å². The summed E-state index contributed by atoms with van der Waals surface area (Å²) >= 11 is 0. The van der Waals surface area contributed by atoms with Crippen molar-refractivity contribution >= 4 is 11.8 Å². The average molecular weight is 450 g/mol. The number of hydrogen-bond acceptors (Lipinski definition) is 9. The molecule has 0 aromatic heterocycles. The second-order valence-electron chi connectivity index (χ2n) is 7.38. The minimum atomic E-state index is -0.595. The first-order valence-electron chi connectivity index (χ1n) is 10.9. The Kier molecular flexibility index (Phi) is 19.7. The van der Waals surface area contributed by atoms with Gasteiger partial charge in [-0.1, -0.05) is 0 Å². The van der Waals surface area contributed by atoms with Crippen LogP contribution in [0.25, 0.3) is 0 Å². The second kappa shape index (κ2) is 20.6. The molecule has 31 heavy (non-hydrogen) atoms. The monoisotopic (exact) mass is 449 g/mol. The number of carbonyl (C=O) groups is 2. The SMILES string of the molecule is CC(N)(CCC(=O)NCCOCCOCCN)CCC(=O)NCCOCCOCCN. The molecule has 0 saturated carbocycles. The third-order valence-corrected chi connectivity index (χ3v) is 4.25. The molecular weight excluding hydrogens is 406 g/mol. The van der Waals surface area contributed by atoms with Crippen LogP contribution in [-0.2, 0) is 28.5 Å². The summed E-state index contributed by atoms with van der Waals surface area (Å²) in [5.74, 6) is -0.173. The molecule has 0 aliphatic heterocycles. The maximum Gasteiger partial charge on any atom is 0.220 e. The van der Waals surface area contributed by atoms with Crippen LogP contribution in [0.2, 0.25) is 0 Å². The van der Waals surface area contributed by atoms with E-state index < -0.39 is 5.54 Å². The maximum absolute atomic E-state index is 11.9. The van der Waals surface area contributed by atoms with Crippen molar-refractivity contribution in [1.82, 2.24) is 10.6 Å². The van der Waals surface area contributed by atoms with Crippen molar-refractivity contribution in [3.63, 3.8) is 0 Å². The molecule has 0 radical (unpaired) electrons. The summed E-state index contributed by atoms with van der Waals surface area (Å²) in [4.78, 5) is 23.8. The Morgan fingerprint density at radius 1 is 0.677 bits per heavy atom. The zero-order valence-corrected chi connectivity index (χ0v) is 19.0. The van der Waals surface area contributed by atoms with Gasteiger partial charge in [0.2, 0.25) is 11.8 Å². The lowest BCUT2D eigenvalue weighted by atomic mass is 9.91. The largest absolute Gasteiger partial charge is 0.378 e. The van der Waals surface area contributed by atoms with Crippen LogP contribution in [0.5, 0.6) is 0 Å². The number of ether oxygens (including phenoxy) is 4. The minimum Gasteiger partial charge on any atom is -0.378 e. The first kappa shape index (κ1) is 29.7. The van der Waals surface area contributed by atoms with Gasteiger partial charge in [-0.3, -0.25) is 9.59 Å². The van der Waals surface area contributed by atoms with Gasteiger partial charge in [-0.2, -0.15) is 0 Å². The van der Waals surface area contributed by atoms with Gasteiger partial charge < -0.3 is 46.8 Å². The number of hydrogen-bond donors (Lipinski definition) is 5. The Hall–Kier alpha value is -1.34. The maximum atomic E-state index is 11.9. The molecule has 0 spiro atoms. The summed E-state index contributed by atoms with van der Waals surface area (Å²) in [5.41, 5.74) is 16.3. The number of carbonyl (C=O) groups excluding carboxylic acids is 2. The molecule has 0 heterocycles. The number of rotatable bonds is 22. The first-order valence-corrected chi connectivity index (χ1v) is 10.9. The van der Waals surface area contributed by atoms with E-state index in [9.17, 15) is 9.59 Å². The van der Waals surface area contributed by atoms with Crippen LogP contribution in [0.15, 0.2) is 0 Å². The van der Waals surface area contributed by atoms with Crippen LogP contribution < -0.4 is 27.8 Å². The van der Waals surface area contributed by atoms with Gasteiger partial charge in [0, 0.05) is 44.6 Å². The predicted molar refractivity (Wildman–Crippen MR) is 118 cm³/mol. The number of nitrogens with one attached hydrogen (secondary N) is 2. The minimum absolute atomic E-state index is 0.0864. The zero-order valence-electron chi connectivity index (χ0n) is 19.0. The van der Waals surface area contributed by atoms with Crippen molar-refractivity contribution in [3.05, 3.63) is 0 Å². The van der Waals surface area contributed by atoms with Crippen molar-refractivity contribution in [1.29, 1.82) is 0 Å². The lowest BCUT2D eigenvalue weighted by Crippen LogP contribution is -2.40. The molecule has 0 atom stereocenters. The van der Waals surface area contributed by atoms with Crippen molar-refractivity contribution in [2.75, 3.05) is 79.0 Å². The highest BCUT2D eigenvalue weighted by Crippen LogP contribution is 2.15. The normalized spacial score (nSPS) is 11.5. The van der Waals surface area contributed by atoms with Gasteiger partial charge in [0.05, 0.1) is 52.9 Å². The Bertz CT molecular complexity index is 416. The summed E-state index contributed by atoms with van der Waals surface area (Å²) in [6.07, 6.45) is 1.58. The fourth-order valence-electron chi connectivity index (χ4n) is 2.44. The molecule has 0 saturated heterocycles. The van der Waals surface area contributed by atoms with E-state index in [1.54, 1.807) is 0 Å². The molecule has 0 aliphatic carbocycles. The lowest BCUT2D eigenvalue weighted by Gasteiger charge is -2.24. The Balaban J connectivity index is 3.64. The van der Waals surface area contributed by atoms with Gasteiger partial charge in [0.1, 0.15) is 0 Å². The zero-order chi connectivity index (χ0) is 23.2. The molecule has 0 fully saturated rings. The smallest absolute Gasteiger partial charge is 0.220 e. The fraction of sp³-hybridized carbons (Fsp3) is 0.900. The third-order valence-electron chi connectivity index (χ3n) is 4.25. The van der Waals surface area contributed by atoms with Crippen molar-refractivity contribution in [2.24, 2.45) is 17.2 Å². The van der Waals surface area contributed by atoms with Crippen LogP contribution in [-0.4, -0.2) is 96.4 Å². The van der Waals surface area contributed by atoms with E-state index >= 15 is 0 Å². The van der Waals surface area contributed by atoms with Crippen LogP contribution in [0.3, 0.4) is 0 Å². The van der Waals surface area contributed by atoms with Gasteiger partial charge in [-0.25, -0.2) is 0 Å². The molecule has 184 valence electrons. The van der Waals surface area contributed by atoms with E-state index in [-0.39, 0.29) is 11.8 Å². The standard InChI is InChI=1S/C20H43N5O6/c1-20(23,4-2-18(26)24-8-12-30-16-14-28-10-6-21)5-3-19(27)25-9-13-31-17-15-29-11-7-22/h2-17,21-23H2,1H3,(H,24,26)(H,25,27). The highest BCUT2D eigenvalue weighted by Gasteiger charge is 2.21. The molecule has 0 unspecified atom stereocenters. The van der Waals surface area contributed by atoms with Crippen molar-refractivity contribution in [2.45, 2.75) is 38.1 Å². The summed E-state index contributed by atoms with van der Waals surface area (Å²) in [5, 5.41) is 5.58. The molecule has 11 nitrogen and oxygen atoms in total. The summed E-state index contributed by atoms with van der Waals surface area (Å²) < 4.78 is 21.0. The van der Waals surface area contributed by atoms with Crippen LogP contribution in [0.4, 0.5) is 0 Å². The van der Waals surface area contributed by atoms with Gasteiger partial charge >= 0.3 is 0 Å². The van der Waals surface area contributed by atoms with Gasteiger partial charge in [0.15, 0.2) is 0 Å². The van der Waals surface area contributed by atoms with E-state index in [2.05, 4.69) is 10.6 Å². The topological polar surface area (TPSA) is 173 Å². The Morgan fingerprint density at radius 2 is 1.03 bits per heavy atom. The second-order valence-corrected chi connectivity index (χ2v) is 7.38. The average Bonchev–Trinajstić information content (AvgIpc) is 2.75. The highest BCUT2D eigenvalue weighted by atomic mass is 16.5. The van der Waals surface area contributed by atoms with Crippen LogP contribution in [0.1, 0.15) is 32.6 Å². The third kappa shape index (κ3) is 21.7. The fourth-order valence-corrected chi connectivity index (χ4v) is 2.44. The van der Waals surface area contributed by atoms with E-state index in [1.807, 2.05) is 6.92 Å². The molecule has 11 heteroatoms. The first-order chi connectivity index (χ1) is 14.9. The molecule has 2 amide bonds. The van der Waals surface area contributed by atoms with E-state index in [1.165, 1.54) is 0 Å². The molecule has 0 aromatic rings. The molecular formula is C20H43N5O6. The molecule has 0 bridgehead atoms. The summed E-state index contributed by atoms with van der Waals surface area (Å²) in [6.45, 7) is 7.46. The highest BCUT2D eigenvalue weighted by molar-refractivity contribution is 5.76. The number of amides is 2. The van der Waals surface area contributed by atoms with Crippen molar-refractivity contribution in [3.8, 4) is 0 Å². The van der Waals surface area contributed by atoms with Crippen LogP contribution in [0, 0.1) is 0 Å². The van der Waals surface area contributed by atoms with Gasteiger partial charge in [0.25, 0.3) is 0 Å². The van der Waals surface area contributed by atoms with Gasteiger partial charge in [-0.05, 0) is 19.8 Å². The van der Waals surface area contributed by atoms with E-state index in [0.717, 1.165) is 0 Å². The lowest BCUT2D eigenvalue weighted by molar-refractivity contribution is -0.121. The molecule has 0 rings (SSSR count). The molecule has 0 aliphatic rings. The van der Waals surface area contributed by atoms with Gasteiger partial charge in [-0.15, -0.1) is 0 Å². The summed E-state index contributed by atoms with van der Waals surface area (Å²) in [6, 6.07) is 0. The number of nitrogens with two attached hydrogens (primary N) is 3. The molecule has 8 N–H and O–H groups in total. The van der Waals surface area contributed by atoms with Crippen LogP contribution >= 0.6 is 0 Å². The van der Waals surface area contributed by atoms with E-state index in [0.29, 0.717) is 105 Å². The molecule has 0 aromatic carbocycles.